The Kier molecular flexibility index (Phi) is 4.30. The van der Waals surface area contributed by atoms with E-state index >= 15 is 0 Å². The Bertz CT molecular complexity index is 909. The molecule has 0 unspecified atom stereocenters. The Balaban J connectivity index is 1.52. The number of carbonyl (C=O) groups is 1. The molecule has 1 amide bonds. The lowest BCUT2D eigenvalue weighted by Crippen LogP contribution is -2.40. The number of nitrogens with two attached hydrogens (primary N) is 1. The number of H-pyrrole nitrogens is 1. The van der Waals surface area contributed by atoms with Crippen molar-refractivity contribution in [3.05, 3.63) is 54.2 Å². The number of nitrogens with one attached hydrogen (secondary N) is 1. The Labute approximate surface area is 150 Å². The van der Waals surface area contributed by atoms with Crippen LogP contribution in [0.2, 0.25) is 0 Å². The molecule has 3 heterocycles. The number of anilines is 1. The summed E-state index contributed by atoms with van der Waals surface area (Å²) in [6.07, 6.45) is 4.79. The van der Waals surface area contributed by atoms with Gasteiger partial charge in [0.25, 0.3) is 5.91 Å². The summed E-state index contributed by atoms with van der Waals surface area (Å²) < 4.78 is 0. The van der Waals surface area contributed by atoms with Crippen LogP contribution >= 0.6 is 0 Å². The predicted octanol–water partition coefficient (Wildman–Crippen LogP) is 1.86. The van der Waals surface area contributed by atoms with Crippen LogP contribution in [0.1, 0.15) is 35.1 Å². The molecule has 1 saturated heterocycles. The van der Waals surface area contributed by atoms with Crippen LogP contribution in [0.4, 0.5) is 5.82 Å². The number of likely N-dealkylation sites (tertiary alicyclic amines) is 1. The van der Waals surface area contributed by atoms with Crippen LogP contribution in [-0.4, -0.2) is 49.0 Å². The van der Waals surface area contributed by atoms with Crippen LogP contribution in [-0.2, 0) is 0 Å². The first-order valence-electron chi connectivity index (χ1n) is 8.56. The van der Waals surface area contributed by atoms with Gasteiger partial charge in [0.1, 0.15) is 5.82 Å². The maximum atomic E-state index is 12.7. The molecular formula is C18H19N7O. The normalized spacial score (nSPS) is 17.2. The molecule has 1 aliphatic heterocycles. The average molecular weight is 349 g/mol. The molecule has 1 aromatic carbocycles. The van der Waals surface area contributed by atoms with Crippen LogP contribution in [0.3, 0.4) is 0 Å². The van der Waals surface area contributed by atoms with Gasteiger partial charge in [-0.05, 0) is 12.8 Å². The molecule has 132 valence electrons. The molecule has 4 rings (SSSR count). The van der Waals surface area contributed by atoms with E-state index < -0.39 is 0 Å². The first-order valence-corrected chi connectivity index (χ1v) is 8.56. The van der Waals surface area contributed by atoms with Gasteiger partial charge in [0.15, 0.2) is 17.3 Å². The number of hydrogen-bond donors (Lipinski definition) is 2. The standard InChI is InChI=1S/C18H19N7O/c19-15-14(20-8-9-21-15)18(26)25-10-4-7-13(11-25)17-22-16(23-24-17)12-5-2-1-3-6-12/h1-3,5-6,8-9,13H,4,7,10-11H2,(H2,19,21)(H,22,23,24)/t13-/m1/s1. The Hall–Kier alpha value is -3.29. The summed E-state index contributed by atoms with van der Waals surface area (Å²) in [4.78, 5) is 27.1. The predicted molar refractivity (Wildman–Crippen MR) is 96.1 cm³/mol. The quantitative estimate of drug-likeness (QED) is 0.746. The highest BCUT2D eigenvalue weighted by atomic mass is 16.2. The van der Waals surface area contributed by atoms with Crippen molar-refractivity contribution in [2.45, 2.75) is 18.8 Å². The van der Waals surface area contributed by atoms with Gasteiger partial charge >= 0.3 is 0 Å². The molecule has 0 radical (unpaired) electrons. The Morgan fingerprint density at radius 1 is 1.19 bits per heavy atom. The van der Waals surface area contributed by atoms with E-state index in [9.17, 15) is 4.79 Å². The number of carbonyl (C=O) groups excluding carboxylic acids is 1. The third-order valence-corrected chi connectivity index (χ3v) is 4.56. The zero-order valence-electron chi connectivity index (χ0n) is 14.2. The SMILES string of the molecule is Nc1nccnc1C(=O)N1CCC[C@@H](c2nc(-c3ccccc3)n[nH]2)C1. The monoisotopic (exact) mass is 349 g/mol. The van der Waals surface area contributed by atoms with Crippen molar-refractivity contribution >= 4 is 11.7 Å². The van der Waals surface area contributed by atoms with Crippen molar-refractivity contribution in [2.75, 3.05) is 18.8 Å². The molecule has 0 saturated carbocycles. The minimum Gasteiger partial charge on any atom is -0.382 e. The first-order chi connectivity index (χ1) is 12.7. The summed E-state index contributed by atoms with van der Waals surface area (Å²) >= 11 is 0. The molecule has 1 atom stereocenters. The molecule has 3 aromatic rings. The van der Waals surface area contributed by atoms with Crippen molar-refractivity contribution in [1.29, 1.82) is 0 Å². The summed E-state index contributed by atoms with van der Waals surface area (Å²) in [6, 6.07) is 9.82. The number of aromatic amines is 1. The summed E-state index contributed by atoms with van der Waals surface area (Å²) in [6.45, 7) is 1.23. The van der Waals surface area contributed by atoms with Gasteiger partial charge in [-0.2, -0.15) is 5.10 Å². The molecule has 1 aliphatic rings. The van der Waals surface area contributed by atoms with E-state index in [0.717, 1.165) is 24.2 Å². The number of hydrogen-bond acceptors (Lipinski definition) is 6. The van der Waals surface area contributed by atoms with Crippen LogP contribution in [0.15, 0.2) is 42.7 Å². The molecule has 8 heteroatoms. The van der Waals surface area contributed by atoms with Gasteiger partial charge in [-0.1, -0.05) is 30.3 Å². The highest BCUT2D eigenvalue weighted by molar-refractivity contribution is 5.96. The van der Waals surface area contributed by atoms with Gasteiger partial charge in [-0.25, -0.2) is 15.0 Å². The van der Waals surface area contributed by atoms with Crippen LogP contribution in [0.5, 0.6) is 0 Å². The lowest BCUT2D eigenvalue weighted by atomic mass is 9.97. The highest BCUT2D eigenvalue weighted by Crippen LogP contribution is 2.27. The number of piperidine rings is 1. The second-order valence-electron chi connectivity index (χ2n) is 6.29. The second kappa shape index (κ2) is 6.91. The largest absolute Gasteiger partial charge is 0.382 e. The zero-order valence-corrected chi connectivity index (χ0v) is 14.2. The minimum absolute atomic E-state index is 0.107. The number of benzene rings is 1. The molecule has 3 N–H and O–H groups in total. The second-order valence-corrected chi connectivity index (χ2v) is 6.29. The minimum atomic E-state index is -0.192. The summed E-state index contributed by atoms with van der Waals surface area (Å²) in [5.74, 6) is 1.54. The van der Waals surface area contributed by atoms with Crippen molar-refractivity contribution in [1.82, 2.24) is 30.0 Å². The number of nitrogens with zero attached hydrogens (tertiary/aromatic N) is 5. The maximum absolute atomic E-state index is 12.7. The van der Waals surface area contributed by atoms with Gasteiger partial charge in [0.05, 0.1) is 0 Å². The number of aromatic nitrogens is 5. The molecule has 0 spiro atoms. The van der Waals surface area contributed by atoms with Crippen molar-refractivity contribution in [3.8, 4) is 11.4 Å². The molecule has 2 aromatic heterocycles. The summed E-state index contributed by atoms with van der Waals surface area (Å²) in [5, 5.41) is 7.35. The fourth-order valence-electron chi connectivity index (χ4n) is 3.22. The van der Waals surface area contributed by atoms with Gasteiger partial charge in [-0.15, -0.1) is 0 Å². The molecule has 0 aliphatic carbocycles. The van der Waals surface area contributed by atoms with Crippen LogP contribution in [0.25, 0.3) is 11.4 Å². The van der Waals surface area contributed by atoms with Crippen LogP contribution < -0.4 is 5.73 Å². The molecule has 8 nitrogen and oxygen atoms in total. The van der Waals surface area contributed by atoms with E-state index in [1.807, 2.05) is 30.3 Å². The Morgan fingerprint density at radius 3 is 2.81 bits per heavy atom. The molecule has 26 heavy (non-hydrogen) atoms. The molecular weight excluding hydrogens is 330 g/mol. The first kappa shape index (κ1) is 16.2. The summed E-state index contributed by atoms with van der Waals surface area (Å²) in [7, 11) is 0. The molecule has 1 fully saturated rings. The van der Waals surface area contributed by atoms with Crippen molar-refractivity contribution in [3.63, 3.8) is 0 Å². The van der Waals surface area contributed by atoms with Gasteiger partial charge in [-0.3, -0.25) is 9.89 Å². The van der Waals surface area contributed by atoms with E-state index in [1.54, 1.807) is 4.90 Å². The summed E-state index contributed by atoms with van der Waals surface area (Å²) in [5.41, 5.74) is 6.96. The van der Waals surface area contributed by atoms with Gasteiger partial charge in [0, 0.05) is 37.0 Å². The van der Waals surface area contributed by atoms with E-state index in [4.69, 9.17) is 5.73 Å². The van der Waals surface area contributed by atoms with E-state index in [2.05, 4.69) is 25.1 Å². The van der Waals surface area contributed by atoms with Gasteiger partial charge < -0.3 is 10.6 Å². The lowest BCUT2D eigenvalue weighted by molar-refractivity contribution is 0.0699. The number of nitrogen functional groups attached to an aromatic ring is 1. The third-order valence-electron chi connectivity index (χ3n) is 4.56. The molecule has 0 bridgehead atoms. The fraction of sp³-hybridized carbons (Fsp3) is 0.278. The topological polar surface area (TPSA) is 114 Å². The van der Waals surface area contributed by atoms with Crippen molar-refractivity contribution in [2.24, 2.45) is 0 Å². The van der Waals surface area contributed by atoms with E-state index in [0.29, 0.717) is 18.9 Å². The fourth-order valence-corrected chi connectivity index (χ4v) is 3.22. The smallest absolute Gasteiger partial charge is 0.276 e. The van der Waals surface area contributed by atoms with Crippen LogP contribution in [0, 0.1) is 0 Å². The van der Waals surface area contributed by atoms with E-state index in [1.165, 1.54) is 12.4 Å². The number of rotatable bonds is 3. The lowest BCUT2D eigenvalue weighted by Gasteiger charge is -2.31. The number of amides is 1. The Morgan fingerprint density at radius 2 is 2.00 bits per heavy atom. The van der Waals surface area contributed by atoms with Crippen molar-refractivity contribution < 1.29 is 4.79 Å². The zero-order chi connectivity index (χ0) is 17.9. The third kappa shape index (κ3) is 3.13. The average Bonchev–Trinajstić information content (AvgIpc) is 3.19. The van der Waals surface area contributed by atoms with Gasteiger partial charge in [0.2, 0.25) is 0 Å². The van der Waals surface area contributed by atoms with E-state index in [-0.39, 0.29) is 23.3 Å². The maximum Gasteiger partial charge on any atom is 0.276 e. The highest BCUT2D eigenvalue weighted by Gasteiger charge is 2.29.